The summed E-state index contributed by atoms with van der Waals surface area (Å²) in [4.78, 5) is 1.31. The van der Waals surface area contributed by atoms with Crippen molar-refractivity contribution in [2.24, 2.45) is 0 Å². The van der Waals surface area contributed by atoms with Crippen molar-refractivity contribution in [1.82, 2.24) is 5.32 Å². The van der Waals surface area contributed by atoms with Gasteiger partial charge in [-0.1, -0.05) is 0 Å². The van der Waals surface area contributed by atoms with Crippen LogP contribution < -0.4 is 5.32 Å². The number of hydrogen-bond donors (Lipinski definition) is 1. The lowest BCUT2D eigenvalue weighted by Gasteiger charge is -2.23. The van der Waals surface area contributed by atoms with Crippen LogP contribution in [0.25, 0.3) is 0 Å². The van der Waals surface area contributed by atoms with Crippen molar-refractivity contribution in [3.8, 4) is 0 Å². The molecule has 1 aromatic rings. The van der Waals surface area contributed by atoms with Crippen LogP contribution in [0.3, 0.4) is 0 Å². The molecule has 1 N–H and O–H groups in total. The van der Waals surface area contributed by atoms with Gasteiger partial charge in [-0.3, -0.25) is 0 Å². The van der Waals surface area contributed by atoms with Gasteiger partial charge >= 0.3 is 0 Å². The average Bonchev–Trinajstić information content (AvgIpc) is 2.67. The topological polar surface area (TPSA) is 21.3 Å². The third-order valence-electron chi connectivity index (χ3n) is 2.36. The number of thiophene rings is 1. The summed E-state index contributed by atoms with van der Waals surface area (Å²) in [5.74, 6) is 0. The van der Waals surface area contributed by atoms with Gasteiger partial charge in [0.15, 0.2) is 0 Å². The van der Waals surface area contributed by atoms with Crippen LogP contribution >= 0.6 is 11.3 Å². The molecule has 0 radical (unpaired) electrons. The van der Waals surface area contributed by atoms with E-state index < -0.39 is 0 Å². The highest BCUT2D eigenvalue weighted by atomic mass is 32.1. The number of fused-ring (bicyclic) bond motifs is 1. The van der Waals surface area contributed by atoms with Gasteiger partial charge in [0, 0.05) is 18.0 Å². The van der Waals surface area contributed by atoms with E-state index in [4.69, 9.17) is 4.74 Å². The molecule has 2 heterocycles. The summed E-state index contributed by atoms with van der Waals surface area (Å²) in [7, 11) is 0. The van der Waals surface area contributed by atoms with E-state index in [1.165, 1.54) is 10.4 Å². The molecule has 1 aromatic heterocycles. The van der Waals surface area contributed by atoms with E-state index in [2.05, 4.69) is 16.8 Å². The first-order chi connectivity index (χ1) is 6.92. The summed E-state index contributed by atoms with van der Waals surface area (Å²) in [6.45, 7) is 1.60. The molecule has 0 aliphatic carbocycles. The van der Waals surface area contributed by atoms with E-state index in [9.17, 15) is 4.39 Å². The molecule has 1 atom stereocenters. The first-order valence-electron chi connectivity index (χ1n) is 4.86. The lowest BCUT2D eigenvalue weighted by atomic mass is 10.1. The molecule has 0 amide bonds. The first kappa shape index (κ1) is 10.1. The summed E-state index contributed by atoms with van der Waals surface area (Å²) in [6.07, 6.45) is 1.14. The monoisotopic (exact) mass is 215 g/mol. The molecule has 0 aromatic carbocycles. The van der Waals surface area contributed by atoms with E-state index in [-0.39, 0.29) is 12.8 Å². The quantitative estimate of drug-likeness (QED) is 0.775. The van der Waals surface area contributed by atoms with E-state index >= 15 is 0 Å². The molecule has 1 unspecified atom stereocenters. The van der Waals surface area contributed by atoms with Crippen LogP contribution in [0.1, 0.15) is 16.5 Å². The highest BCUT2D eigenvalue weighted by Gasteiger charge is 2.21. The predicted octanol–water partition coefficient (Wildman–Crippen LogP) is 1.92. The van der Waals surface area contributed by atoms with Gasteiger partial charge in [0.1, 0.15) is 12.8 Å². The van der Waals surface area contributed by atoms with Crippen LogP contribution in [0.2, 0.25) is 0 Å². The maximum absolute atomic E-state index is 11.9. The van der Waals surface area contributed by atoms with Crippen LogP contribution in [0.5, 0.6) is 0 Å². The minimum atomic E-state index is -0.315. The molecular formula is C10H14FNOS. The molecule has 2 nitrogen and oxygen atoms in total. The fourth-order valence-electron chi connectivity index (χ4n) is 1.67. The second kappa shape index (κ2) is 4.87. The van der Waals surface area contributed by atoms with Crippen molar-refractivity contribution < 1.29 is 9.13 Å². The Hall–Kier alpha value is -0.450. The second-order valence-electron chi connectivity index (χ2n) is 3.31. The zero-order valence-electron chi connectivity index (χ0n) is 7.96. The van der Waals surface area contributed by atoms with Gasteiger partial charge in [0.2, 0.25) is 0 Å². The fraction of sp³-hybridized carbons (Fsp3) is 0.600. The number of rotatable bonds is 4. The van der Waals surface area contributed by atoms with Crippen LogP contribution in [0.4, 0.5) is 4.39 Å². The van der Waals surface area contributed by atoms with E-state index in [0.717, 1.165) is 19.6 Å². The Kier molecular flexibility index (Phi) is 3.50. The number of hydrogen-bond acceptors (Lipinski definition) is 3. The average molecular weight is 215 g/mol. The number of ether oxygens (including phenoxy) is 1. The SMILES string of the molecule is FCCNCC1OCCc2ccsc21. The molecule has 1 aliphatic heterocycles. The van der Waals surface area contributed by atoms with Crippen LogP contribution in [-0.4, -0.2) is 26.4 Å². The highest BCUT2D eigenvalue weighted by molar-refractivity contribution is 7.10. The molecule has 4 heteroatoms. The molecule has 1 aliphatic rings. The Labute approximate surface area is 87.1 Å². The Morgan fingerprint density at radius 3 is 3.43 bits per heavy atom. The molecule has 0 fully saturated rings. The smallest absolute Gasteiger partial charge is 0.104 e. The van der Waals surface area contributed by atoms with Crippen molar-refractivity contribution in [1.29, 1.82) is 0 Å². The molecular weight excluding hydrogens is 201 g/mol. The molecule has 0 saturated heterocycles. The van der Waals surface area contributed by atoms with Crippen LogP contribution in [0.15, 0.2) is 11.4 Å². The van der Waals surface area contributed by atoms with Gasteiger partial charge in [-0.05, 0) is 23.4 Å². The molecule has 0 spiro atoms. The Balaban J connectivity index is 1.94. The van der Waals surface area contributed by atoms with Gasteiger partial charge in [0.25, 0.3) is 0 Å². The van der Waals surface area contributed by atoms with Crippen LogP contribution in [-0.2, 0) is 11.2 Å². The summed E-state index contributed by atoms with van der Waals surface area (Å²) < 4.78 is 17.5. The second-order valence-corrected chi connectivity index (χ2v) is 4.26. The maximum atomic E-state index is 11.9. The summed E-state index contributed by atoms with van der Waals surface area (Å²) in [5.41, 5.74) is 1.40. The predicted molar refractivity (Wildman–Crippen MR) is 55.6 cm³/mol. The third-order valence-corrected chi connectivity index (χ3v) is 3.42. The molecule has 78 valence electrons. The fourth-order valence-corrected chi connectivity index (χ4v) is 2.68. The van der Waals surface area contributed by atoms with Crippen LogP contribution in [0, 0.1) is 0 Å². The normalized spacial score (nSPS) is 20.8. The molecule has 0 bridgehead atoms. The highest BCUT2D eigenvalue weighted by Crippen LogP contribution is 2.31. The molecule has 14 heavy (non-hydrogen) atoms. The van der Waals surface area contributed by atoms with Gasteiger partial charge in [0.05, 0.1) is 6.61 Å². The lowest BCUT2D eigenvalue weighted by molar-refractivity contribution is 0.0455. The molecule has 0 saturated carbocycles. The van der Waals surface area contributed by atoms with E-state index in [0.29, 0.717) is 6.54 Å². The lowest BCUT2D eigenvalue weighted by Crippen LogP contribution is -2.27. The number of alkyl halides is 1. The van der Waals surface area contributed by atoms with Crippen molar-refractivity contribution >= 4 is 11.3 Å². The van der Waals surface area contributed by atoms with E-state index in [1.807, 2.05) is 0 Å². The first-order valence-corrected chi connectivity index (χ1v) is 5.74. The zero-order valence-corrected chi connectivity index (χ0v) is 8.78. The van der Waals surface area contributed by atoms with E-state index in [1.54, 1.807) is 11.3 Å². The number of halogens is 1. The Morgan fingerprint density at radius 2 is 2.57 bits per heavy atom. The standard InChI is InChI=1S/C10H14FNOS/c11-3-4-12-7-9-10-8(1-5-13-9)2-6-14-10/h2,6,9,12H,1,3-5,7H2. The van der Waals surface area contributed by atoms with Crippen molar-refractivity contribution in [3.05, 3.63) is 21.9 Å². The number of nitrogens with one attached hydrogen (secondary N) is 1. The third kappa shape index (κ3) is 2.13. The summed E-state index contributed by atoms with van der Waals surface area (Å²) in [6, 6.07) is 2.16. The minimum absolute atomic E-state index is 0.130. The Morgan fingerprint density at radius 1 is 1.64 bits per heavy atom. The van der Waals surface area contributed by atoms with Crippen molar-refractivity contribution in [2.75, 3.05) is 26.4 Å². The maximum Gasteiger partial charge on any atom is 0.104 e. The largest absolute Gasteiger partial charge is 0.371 e. The minimum Gasteiger partial charge on any atom is -0.371 e. The summed E-state index contributed by atoms with van der Waals surface area (Å²) in [5, 5.41) is 5.14. The van der Waals surface area contributed by atoms with Crippen molar-refractivity contribution in [2.45, 2.75) is 12.5 Å². The molecule has 2 rings (SSSR count). The van der Waals surface area contributed by atoms with Crippen molar-refractivity contribution in [3.63, 3.8) is 0 Å². The van der Waals surface area contributed by atoms with Gasteiger partial charge in [-0.15, -0.1) is 11.3 Å². The van der Waals surface area contributed by atoms with Gasteiger partial charge in [-0.25, -0.2) is 4.39 Å². The Bertz CT molecular complexity index is 289. The van der Waals surface area contributed by atoms with Gasteiger partial charge < -0.3 is 10.1 Å². The summed E-state index contributed by atoms with van der Waals surface area (Å²) >= 11 is 1.73. The zero-order chi connectivity index (χ0) is 9.80. The van der Waals surface area contributed by atoms with Gasteiger partial charge in [-0.2, -0.15) is 0 Å².